The summed E-state index contributed by atoms with van der Waals surface area (Å²) in [5, 5.41) is 9.35. The smallest absolute Gasteiger partial charge is 0.157 e. The van der Waals surface area contributed by atoms with E-state index in [-0.39, 0.29) is 6.04 Å². The molecule has 6 heteroatoms. The van der Waals surface area contributed by atoms with E-state index in [4.69, 9.17) is 13.8 Å². The SMILES string of the molecule is c1ccc(-c2cccc(C3NC(c4ccc5c(c4)c4c(N(c6ccccc6)c6ccc(-c7cccc8c7oc7ccccc78)cc6)cccc4n5-c4ccccc4)=Nc4c3oc3ccccc43)c2)cc1. The molecule has 0 radical (unpaired) electrons. The molecule has 1 unspecified atom stereocenters. The monoisotopic (exact) mass is 898 g/mol. The van der Waals surface area contributed by atoms with Crippen LogP contribution in [0.5, 0.6) is 0 Å². The molecule has 0 fully saturated rings. The lowest BCUT2D eigenvalue weighted by Crippen LogP contribution is -2.32. The van der Waals surface area contributed by atoms with Crippen molar-refractivity contribution in [2.24, 2.45) is 4.99 Å². The summed E-state index contributed by atoms with van der Waals surface area (Å²) < 4.78 is 15.5. The van der Waals surface area contributed by atoms with Crippen LogP contribution in [0.15, 0.2) is 256 Å². The molecule has 13 aromatic rings. The van der Waals surface area contributed by atoms with E-state index in [0.717, 1.165) is 128 Å². The molecule has 0 spiro atoms. The van der Waals surface area contributed by atoms with Crippen molar-refractivity contribution >= 4 is 83.3 Å². The highest BCUT2D eigenvalue weighted by Crippen LogP contribution is 2.47. The van der Waals surface area contributed by atoms with Gasteiger partial charge in [-0.15, -0.1) is 0 Å². The summed E-state index contributed by atoms with van der Waals surface area (Å²) in [4.78, 5) is 7.80. The first kappa shape index (κ1) is 39.7. The number of hydrogen-bond donors (Lipinski definition) is 1. The summed E-state index contributed by atoms with van der Waals surface area (Å²) in [5.74, 6) is 1.59. The molecular formula is C64H42N4O2. The van der Waals surface area contributed by atoms with E-state index >= 15 is 0 Å². The van der Waals surface area contributed by atoms with Crippen LogP contribution in [0.1, 0.15) is 22.9 Å². The van der Waals surface area contributed by atoms with Gasteiger partial charge >= 0.3 is 0 Å². The molecule has 1 aliphatic heterocycles. The molecule has 10 aromatic carbocycles. The molecule has 0 amide bonds. The number of amidine groups is 1. The number of fused-ring (bicyclic) bond motifs is 9. The first-order valence-electron chi connectivity index (χ1n) is 23.7. The summed E-state index contributed by atoms with van der Waals surface area (Å²) in [5.41, 5.74) is 16.4. The van der Waals surface area contributed by atoms with Crippen LogP contribution in [0.2, 0.25) is 0 Å². The summed E-state index contributed by atoms with van der Waals surface area (Å²) in [7, 11) is 0. The van der Waals surface area contributed by atoms with Gasteiger partial charge in [0.15, 0.2) is 5.76 Å². The van der Waals surface area contributed by atoms with E-state index < -0.39 is 0 Å². The highest BCUT2D eigenvalue weighted by Gasteiger charge is 2.31. The molecule has 0 aliphatic carbocycles. The maximum absolute atomic E-state index is 6.67. The van der Waals surface area contributed by atoms with Gasteiger partial charge in [-0.1, -0.05) is 152 Å². The maximum Gasteiger partial charge on any atom is 0.157 e. The molecule has 14 rings (SSSR count). The van der Waals surface area contributed by atoms with Crippen LogP contribution >= 0.6 is 0 Å². The van der Waals surface area contributed by atoms with Gasteiger partial charge < -0.3 is 23.6 Å². The molecule has 0 bridgehead atoms. The fourth-order valence-electron chi connectivity index (χ4n) is 10.6. The third-order valence-electron chi connectivity index (χ3n) is 13.8. The molecular weight excluding hydrogens is 857 g/mol. The zero-order valence-electron chi connectivity index (χ0n) is 37.8. The summed E-state index contributed by atoms with van der Waals surface area (Å²) in [6.07, 6.45) is 0. The molecule has 0 saturated carbocycles. The minimum absolute atomic E-state index is 0.286. The lowest BCUT2D eigenvalue weighted by molar-refractivity contribution is 0.504. The van der Waals surface area contributed by atoms with Crippen molar-refractivity contribution in [2.75, 3.05) is 4.90 Å². The fraction of sp³-hybridized carbons (Fsp3) is 0.0156. The Morgan fingerprint density at radius 2 is 1.09 bits per heavy atom. The average Bonchev–Trinajstić information content (AvgIpc) is 4.12. The Bertz CT molecular complexity index is 4150. The number of aromatic nitrogens is 1. The molecule has 3 aromatic heterocycles. The van der Waals surface area contributed by atoms with E-state index in [0.29, 0.717) is 0 Å². The summed E-state index contributed by atoms with van der Waals surface area (Å²) in [6, 6.07) is 85.5. The molecule has 4 heterocycles. The van der Waals surface area contributed by atoms with Crippen LogP contribution in [-0.4, -0.2) is 10.4 Å². The van der Waals surface area contributed by atoms with Gasteiger partial charge in [0.05, 0.1) is 16.7 Å². The second-order valence-electron chi connectivity index (χ2n) is 17.9. The molecule has 0 saturated heterocycles. The van der Waals surface area contributed by atoms with Crippen molar-refractivity contribution < 1.29 is 8.83 Å². The number of benzene rings is 10. The van der Waals surface area contributed by atoms with Crippen LogP contribution in [0.3, 0.4) is 0 Å². The largest absolute Gasteiger partial charge is 0.456 e. The molecule has 6 nitrogen and oxygen atoms in total. The van der Waals surface area contributed by atoms with Gasteiger partial charge in [0.25, 0.3) is 0 Å². The van der Waals surface area contributed by atoms with E-state index in [9.17, 15) is 0 Å². The van der Waals surface area contributed by atoms with Gasteiger partial charge in [-0.05, 0) is 113 Å². The topological polar surface area (TPSA) is 58.8 Å². The number of para-hydroxylation sites is 5. The number of nitrogens with zero attached hydrogens (tertiary/aromatic N) is 3. The van der Waals surface area contributed by atoms with E-state index in [1.807, 2.05) is 24.3 Å². The van der Waals surface area contributed by atoms with Crippen molar-refractivity contribution in [2.45, 2.75) is 6.04 Å². The summed E-state index contributed by atoms with van der Waals surface area (Å²) in [6.45, 7) is 0. The highest BCUT2D eigenvalue weighted by atomic mass is 16.3. The number of hydrogen-bond acceptors (Lipinski definition) is 5. The van der Waals surface area contributed by atoms with Crippen LogP contribution < -0.4 is 10.2 Å². The van der Waals surface area contributed by atoms with E-state index in [2.05, 4.69) is 233 Å². The van der Waals surface area contributed by atoms with Gasteiger partial charge in [-0.3, -0.25) is 0 Å². The fourth-order valence-corrected chi connectivity index (χ4v) is 10.6. The molecule has 70 heavy (non-hydrogen) atoms. The minimum atomic E-state index is -0.286. The Kier molecular flexibility index (Phi) is 9.17. The molecule has 330 valence electrons. The lowest BCUT2D eigenvalue weighted by atomic mass is 9.96. The average molecular weight is 899 g/mol. The third kappa shape index (κ3) is 6.45. The quantitative estimate of drug-likeness (QED) is 0.165. The Hall–Kier alpha value is -9.39. The number of furan rings is 2. The summed E-state index contributed by atoms with van der Waals surface area (Å²) >= 11 is 0. The van der Waals surface area contributed by atoms with Crippen molar-refractivity contribution in [1.82, 2.24) is 9.88 Å². The van der Waals surface area contributed by atoms with Crippen molar-refractivity contribution in [1.29, 1.82) is 0 Å². The van der Waals surface area contributed by atoms with Crippen molar-refractivity contribution in [3.8, 4) is 27.9 Å². The maximum atomic E-state index is 6.67. The zero-order chi connectivity index (χ0) is 46.1. The van der Waals surface area contributed by atoms with Gasteiger partial charge in [0, 0.05) is 55.1 Å². The van der Waals surface area contributed by atoms with E-state index in [1.165, 1.54) is 0 Å². The number of rotatable bonds is 8. The predicted molar refractivity (Wildman–Crippen MR) is 287 cm³/mol. The van der Waals surface area contributed by atoms with Crippen LogP contribution in [0, 0.1) is 0 Å². The number of nitrogens with one attached hydrogen (secondary N) is 1. The number of aliphatic imine (C=N–C) groups is 1. The van der Waals surface area contributed by atoms with Crippen molar-refractivity contribution in [3.05, 3.63) is 260 Å². The second-order valence-corrected chi connectivity index (χ2v) is 17.9. The van der Waals surface area contributed by atoms with Gasteiger partial charge in [-0.25, -0.2) is 4.99 Å². The third-order valence-corrected chi connectivity index (χ3v) is 13.8. The standard InChI is InChI=1S/C64H42N4O2/c1-4-17-41(18-5-1)43-19-14-20-44(39-43)60-63-61(52-26-11-13-32-58(52)70-63)66-64(65-60)45-35-38-54-53(40-45)59-55(29-16-30-56(59)68(54)47-23-8-3-9-24-47)67(46-21-6-2-7-22-46)48-36-33-42(34-37-48)49-27-15-28-51-50-25-10-12-31-57(50)69-62(49)51/h1-40,60H,(H,65,66). The van der Waals surface area contributed by atoms with Crippen LogP contribution in [0.4, 0.5) is 22.7 Å². The first-order chi connectivity index (χ1) is 34.7. The highest BCUT2D eigenvalue weighted by molar-refractivity contribution is 6.19. The first-order valence-corrected chi connectivity index (χ1v) is 23.7. The Balaban J connectivity index is 0.949. The normalized spacial score (nSPS) is 13.5. The lowest BCUT2D eigenvalue weighted by Gasteiger charge is -2.27. The van der Waals surface area contributed by atoms with Gasteiger partial charge in [0.1, 0.15) is 34.3 Å². The number of anilines is 3. The van der Waals surface area contributed by atoms with Gasteiger partial charge in [-0.2, -0.15) is 0 Å². The minimum Gasteiger partial charge on any atom is -0.456 e. The Morgan fingerprint density at radius 3 is 1.90 bits per heavy atom. The molecule has 1 N–H and O–H groups in total. The van der Waals surface area contributed by atoms with Gasteiger partial charge in [0.2, 0.25) is 0 Å². The zero-order valence-corrected chi connectivity index (χ0v) is 37.8. The second kappa shape index (κ2) is 16.1. The van der Waals surface area contributed by atoms with Crippen LogP contribution in [-0.2, 0) is 0 Å². The predicted octanol–water partition coefficient (Wildman–Crippen LogP) is 17.0. The van der Waals surface area contributed by atoms with E-state index in [1.54, 1.807) is 0 Å². The van der Waals surface area contributed by atoms with Crippen LogP contribution in [0.25, 0.3) is 82.7 Å². The Morgan fingerprint density at radius 1 is 0.443 bits per heavy atom. The molecule has 1 aliphatic rings. The molecule has 1 atom stereocenters. The van der Waals surface area contributed by atoms with Crippen molar-refractivity contribution in [3.63, 3.8) is 0 Å². The Labute approximate surface area is 403 Å².